The summed E-state index contributed by atoms with van der Waals surface area (Å²) in [5, 5.41) is 1.29. The molecule has 2 aliphatic carbocycles. The first-order valence-electron chi connectivity index (χ1n) is 8.74. The first kappa shape index (κ1) is 24.2. The molecule has 0 amide bonds. The first-order valence-corrected chi connectivity index (χ1v) is 8.74. The third kappa shape index (κ3) is 4.79. The Morgan fingerprint density at radius 1 is 0.963 bits per heavy atom. The van der Waals surface area contributed by atoms with Crippen LogP contribution in [-0.2, 0) is 31.6 Å². The molecule has 2 aliphatic rings. The Labute approximate surface area is 194 Å². The van der Waals surface area contributed by atoms with Crippen LogP contribution in [0.5, 0.6) is 0 Å². The minimum atomic E-state index is 0. The van der Waals surface area contributed by atoms with Gasteiger partial charge in [-0.15, -0.1) is 52.7 Å². The molecule has 138 valence electrons. The summed E-state index contributed by atoms with van der Waals surface area (Å²) in [5.41, 5.74) is 6.99. The third-order valence-corrected chi connectivity index (χ3v) is 5.02. The molecule has 0 radical (unpaired) electrons. The van der Waals surface area contributed by atoms with Crippen molar-refractivity contribution in [3.8, 4) is 0 Å². The molecule has 2 aromatic carbocycles. The van der Waals surface area contributed by atoms with Crippen molar-refractivity contribution >= 4 is 10.9 Å². The Balaban J connectivity index is 0.000000245. The van der Waals surface area contributed by atoms with Gasteiger partial charge in [-0.1, -0.05) is 51.3 Å². The first-order chi connectivity index (χ1) is 11.5. The maximum Gasteiger partial charge on any atom is 4.00 e. The zero-order chi connectivity index (χ0) is 16.7. The third-order valence-electron chi connectivity index (χ3n) is 5.02. The van der Waals surface area contributed by atoms with E-state index in [0.29, 0.717) is 0 Å². The number of hydrogen-bond acceptors (Lipinski definition) is 0. The predicted octanol–water partition coefficient (Wildman–Crippen LogP) is -0.0736. The summed E-state index contributed by atoms with van der Waals surface area (Å²) in [4.78, 5) is 3.17. The molecular formula is C23H23Cl2NZr. The number of H-pyrrole nitrogens is 1. The van der Waals surface area contributed by atoms with Gasteiger partial charge in [-0.3, -0.25) is 0 Å². The van der Waals surface area contributed by atoms with Crippen molar-refractivity contribution in [2.75, 3.05) is 0 Å². The SMILES string of the molecule is CC(C)(C)c1[c-][nH]c2ccccc12.[C-]1=C2CCC2c2ccccc21.[Cl-].[Cl-].[Zr+4]. The number of nitrogens with one attached hydrogen (secondary N) is 1. The number of para-hydroxylation sites is 1. The second-order valence-corrected chi connectivity index (χ2v) is 7.75. The van der Waals surface area contributed by atoms with Crippen LogP contribution in [0.2, 0.25) is 0 Å². The van der Waals surface area contributed by atoms with Gasteiger partial charge in [0.15, 0.2) is 0 Å². The van der Waals surface area contributed by atoms with Gasteiger partial charge in [0.1, 0.15) is 0 Å². The molecule has 0 saturated heterocycles. The van der Waals surface area contributed by atoms with E-state index in [1.807, 2.05) is 6.07 Å². The number of rotatable bonds is 0. The molecule has 1 saturated carbocycles. The van der Waals surface area contributed by atoms with Gasteiger partial charge in [0, 0.05) is 0 Å². The van der Waals surface area contributed by atoms with Crippen LogP contribution in [0.1, 0.15) is 56.2 Å². The van der Waals surface area contributed by atoms with E-state index in [0.717, 1.165) is 5.92 Å². The van der Waals surface area contributed by atoms with Gasteiger partial charge in [0.25, 0.3) is 0 Å². The second-order valence-electron chi connectivity index (χ2n) is 7.75. The van der Waals surface area contributed by atoms with E-state index < -0.39 is 0 Å². The normalized spacial score (nSPS) is 16.1. The average molecular weight is 476 g/mol. The standard InChI is InChI=1S/C12H14N.C11H9.2ClH.Zr/c1-12(2,3)10-8-13-11-7-5-4-6-9(10)11;1-2-4-10-8(3-1)7-9-5-6-11(9)10;;;/h4-7,13H,1-3H3;1-4,11H,5-6H2;2*1H;/q2*-1;;;+4/p-2. The molecule has 1 heterocycles. The van der Waals surface area contributed by atoms with Crippen LogP contribution < -0.4 is 24.8 Å². The summed E-state index contributed by atoms with van der Waals surface area (Å²) in [6, 6.07) is 17.0. The minimum absolute atomic E-state index is 0. The molecule has 1 unspecified atom stereocenters. The fraction of sp³-hybridized carbons (Fsp3) is 0.304. The van der Waals surface area contributed by atoms with Gasteiger partial charge in [-0.2, -0.15) is 23.1 Å². The molecule has 4 heteroatoms. The van der Waals surface area contributed by atoms with Crippen molar-refractivity contribution < 1.29 is 51.0 Å². The molecule has 0 aliphatic heterocycles. The molecular weight excluding hydrogens is 452 g/mol. The van der Waals surface area contributed by atoms with E-state index >= 15 is 0 Å². The van der Waals surface area contributed by atoms with Crippen molar-refractivity contribution in [2.45, 2.75) is 44.9 Å². The van der Waals surface area contributed by atoms with Crippen LogP contribution in [0.25, 0.3) is 10.9 Å². The molecule has 1 nitrogen and oxygen atoms in total. The van der Waals surface area contributed by atoms with Crippen LogP contribution in [-0.4, -0.2) is 4.98 Å². The van der Waals surface area contributed by atoms with Crippen molar-refractivity contribution in [1.29, 1.82) is 0 Å². The van der Waals surface area contributed by atoms with Crippen molar-refractivity contribution in [3.63, 3.8) is 0 Å². The second kappa shape index (κ2) is 9.59. The van der Waals surface area contributed by atoms with Crippen molar-refractivity contribution in [3.05, 3.63) is 83.1 Å². The van der Waals surface area contributed by atoms with Crippen LogP contribution in [0.3, 0.4) is 0 Å². The number of allylic oxidation sites excluding steroid dienone is 1. The molecule has 1 atom stereocenters. The van der Waals surface area contributed by atoms with Gasteiger partial charge < -0.3 is 29.8 Å². The molecule has 0 bridgehead atoms. The predicted molar refractivity (Wildman–Crippen MR) is 100 cm³/mol. The molecule has 0 spiro atoms. The van der Waals surface area contributed by atoms with Crippen LogP contribution in [0.15, 0.2) is 54.1 Å². The van der Waals surface area contributed by atoms with Crippen LogP contribution in [0, 0.1) is 12.3 Å². The molecule has 1 aromatic heterocycles. The zero-order valence-corrected chi connectivity index (χ0v) is 19.8. The van der Waals surface area contributed by atoms with E-state index in [2.05, 4.69) is 80.5 Å². The smallest absolute Gasteiger partial charge is 1.00 e. The Hall–Kier alpha value is -0.817. The maximum absolute atomic E-state index is 3.45. The van der Waals surface area contributed by atoms with Crippen LogP contribution >= 0.6 is 0 Å². The summed E-state index contributed by atoms with van der Waals surface area (Å²) in [6.45, 7) is 6.62. The van der Waals surface area contributed by atoms with E-state index in [9.17, 15) is 0 Å². The Kier molecular flexibility index (Phi) is 8.61. The number of aromatic nitrogens is 1. The van der Waals surface area contributed by atoms with E-state index in [1.54, 1.807) is 0 Å². The molecule has 3 aromatic rings. The zero-order valence-electron chi connectivity index (χ0n) is 15.9. The summed E-state index contributed by atoms with van der Waals surface area (Å²) >= 11 is 0. The van der Waals surface area contributed by atoms with E-state index in [4.69, 9.17) is 0 Å². The Morgan fingerprint density at radius 3 is 2.30 bits per heavy atom. The summed E-state index contributed by atoms with van der Waals surface area (Å²) in [5.74, 6) is 0.756. The summed E-state index contributed by atoms with van der Waals surface area (Å²) < 4.78 is 0. The van der Waals surface area contributed by atoms with Gasteiger partial charge in [0.2, 0.25) is 0 Å². The molecule has 1 N–H and O–H groups in total. The number of benzene rings is 2. The number of aromatic amines is 1. The number of halogens is 2. The van der Waals surface area contributed by atoms with E-state index in [1.165, 1.54) is 46.0 Å². The van der Waals surface area contributed by atoms with Crippen molar-refractivity contribution in [2.24, 2.45) is 0 Å². The maximum atomic E-state index is 3.45. The summed E-state index contributed by atoms with van der Waals surface area (Å²) in [7, 11) is 0. The monoisotopic (exact) mass is 473 g/mol. The van der Waals surface area contributed by atoms with Gasteiger partial charge in [-0.05, 0) is 11.8 Å². The largest absolute Gasteiger partial charge is 4.00 e. The van der Waals surface area contributed by atoms with Gasteiger partial charge >= 0.3 is 26.2 Å². The number of fused-ring (bicyclic) bond motifs is 4. The molecule has 1 fully saturated rings. The summed E-state index contributed by atoms with van der Waals surface area (Å²) in [6.07, 6.45) is 9.30. The molecule has 5 rings (SSSR count). The fourth-order valence-corrected chi connectivity index (χ4v) is 3.61. The Morgan fingerprint density at radius 2 is 1.63 bits per heavy atom. The average Bonchev–Trinajstić information content (AvgIpc) is 3.07. The fourth-order valence-electron chi connectivity index (χ4n) is 3.61. The van der Waals surface area contributed by atoms with Gasteiger partial charge in [0.05, 0.1) is 0 Å². The van der Waals surface area contributed by atoms with Crippen LogP contribution in [0.4, 0.5) is 0 Å². The quantitative estimate of drug-likeness (QED) is 0.438. The molecule has 27 heavy (non-hydrogen) atoms. The van der Waals surface area contributed by atoms with Crippen molar-refractivity contribution in [1.82, 2.24) is 4.98 Å². The van der Waals surface area contributed by atoms with Gasteiger partial charge in [-0.25, -0.2) is 0 Å². The van der Waals surface area contributed by atoms with E-state index in [-0.39, 0.29) is 56.4 Å². The Bertz CT molecular complexity index is 921. The minimum Gasteiger partial charge on any atom is -1.00 e. The topological polar surface area (TPSA) is 15.8 Å². The number of hydrogen-bond donors (Lipinski definition) is 1.